The molecule has 0 spiro atoms. The number of hydrogen-bond donors (Lipinski definition) is 1. The van der Waals surface area contributed by atoms with Gasteiger partial charge in [-0.3, -0.25) is 0 Å². The summed E-state index contributed by atoms with van der Waals surface area (Å²) in [4.78, 5) is 6.96. The van der Waals surface area contributed by atoms with E-state index in [2.05, 4.69) is 42.0 Å². The summed E-state index contributed by atoms with van der Waals surface area (Å²) in [7, 11) is 0. The smallest absolute Gasteiger partial charge is 0.166 e. The van der Waals surface area contributed by atoms with Crippen molar-refractivity contribution in [1.82, 2.24) is 9.97 Å². The third kappa shape index (κ3) is 2.54. The number of H-pyrrole nitrogens is 1. The van der Waals surface area contributed by atoms with Gasteiger partial charge in [0.1, 0.15) is 6.07 Å². The Morgan fingerprint density at radius 2 is 2.00 bits per heavy atom. The zero-order chi connectivity index (χ0) is 12.3. The second-order valence-corrected chi connectivity index (χ2v) is 4.53. The van der Waals surface area contributed by atoms with Gasteiger partial charge in [0, 0.05) is 5.56 Å². The monoisotopic (exact) mass is 225 g/mol. The van der Waals surface area contributed by atoms with Crippen LogP contribution in [0.1, 0.15) is 25.1 Å². The third-order valence-corrected chi connectivity index (χ3v) is 2.63. The van der Waals surface area contributed by atoms with Crippen LogP contribution in [0.25, 0.3) is 11.3 Å². The minimum absolute atomic E-state index is 0.446. The van der Waals surface area contributed by atoms with Crippen molar-refractivity contribution in [1.29, 1.82) is 5.26 Å². The van der Waals surface area contributed by atoms with E-state index in [-0.39, 0.29) is 0 Å². The molecule has 0 saturated carbocycles. The molecule has 3 nitrogen and oxygen atoms in total. The number of aromatic nitrogens is 2. The zero-order valence-electron chi connectivity index (χ0n) is 10.1. The Hall–Kier alpha value is -2.08. The van der Waals surface area contributed by atoms with E-state index >= 15 is 0 Å². The van der Waals surface area contributed by atoms with Crippen molar-refractivity contribution in [3.63, 3.8) is 0 Å². The first-order valence-corrected chi connectivity index (χ1v) is 5.73. The van der Waals surface area contributed by atoms with Gasteiger partial charge in [-0.05, 0) is 17.9 Å². The molecule has 0 aliphatic heterocycles. The quantitative estimate of drug-likeness (QED) is 0.872. The lowest BCUT2D eigenvalue weighted by Crippen LogP contribution is -1.93. The molecular weight excluding hydrogens is 210 g/mol. The average Bonchev–Trinajstić information content (AvgIpc) is 2.77. The van der Waals surface area contributed by atoms with Crippen LogP contribution in [0.5, 0.6) is 0 Å². The lowest BCUT2D eigenvalue weighted by atomic mass is 10.0. The summed E-state index contributed by atoms with van der Waals surface area (Å²) in [5.41, 5.74) is 3.57. The van der Waals surface area contributed by atoms with Gasteiger partial charge in [0.05, 0.1) is 12.0 Å². The fourth-order valence-electron chi connectivity index (χ4n) is 1.88. The number of aromatic amines is 1. The fraction of sp³-hybridized carbons (Fsp3) is 0.286. The van der Waals surface area contributed by atoms with Crippen LogP contribution in [0, 0.1) is 17.2 Å². The van der Waals surface area contributed by atoms with Crippen molar-refractivity contribution in [2.45, 2.75) is 20.3 Å². The maximum Gasteiger partial charge on any atom is 0.166 e. The van der Waals surface area contributed by atoms with Crippen LogP contribution in [0.2, 0.25) is 0 Å². The van der Waals surface area contributed by atoms with Gasteiger partial charge in [0.25, 0.3) is 0 Å². The molecule has 0 unspecified atom stereocenters. The summed E-state index contributed by atoms with van der Waals surface area (Å²) >= 11 is 0. The second kappa shape index (κ2) is 4.84. The number of nitrogens with zero attached hydrogens (tertiary/aromatic N) is 2. The lowest BCUT2D eigenvalue weighted by molar-refractivity contribution is 0.647. The molecule has 0 fully saturated rings. The third-order valence-electron chi connectivity index (χ3n) is 2.63. The number of rotatable bonds is 3. The zero-order valence-corrected chi connectivity index (χ0v) is 10.1. The van der Waals surface area contributed by atoms with Crippen molar-refractivity contribution in [3.8, 4) is 17.3 Å². The molecule has 2 rings (SSSR count). The Morgan fingerprint density at radius 1 is 1.29 bits per heavy atom. The van der Waals surface area contributed by atoms with Crippen LogP contribution in [0.3, 0.4) is 0 Å². The van der Waals surface area contributed by atoms with Crippen LogP contribution in [0.15, 0.2) is 30.6 Å². The Labute approximate surface area is 101 Å². The van der Waals surface area contributed by atoms with Gasteiger partial charge in [-0.1, -0.05) is 38.1 Å². The molecule has 0 atom stereocenters. The topological polar surface area (TPSA) is 52.5 Å². The average molecular weight is 225 g/mol. The van der Waals surface area contributed by atoms with E-state index in [0.29, 0.717) is 11.6 Å². The predicted molar refractivity (Wildman–Crippen MR) is 67.3 cm³/mol. The first-order valence-electron chi connectivity index (χ1n) is 5.73. The highest BCUT2D eigenvalue weighted by Crippen LogP contribution is 2.21. The van der Waals surface area contributed by atoms with Crippen LogP contribution >= 0.6 is 0 Å². The maximum atomic E-state index is 8.91. The Morgan fingerprint density at radius 3 is 2.59 bits per heavy atom. The van der Waals surface area contributed by atoms with Crippen molar-refractivity contribution in [2.24, 2.45) is 5.92 Å². The molecule has 1 N–H and O–H groups in total. The molecule has 0 saturated heterocycles. The molecule has 0 aliphatic carbocycles. The van der Waals surface area contributed by atoms with Crippen molar-refractivity contribution in [3.05, 3.63) is 41.9 Å². The normalized spacial score (nSPS) is 10.5. The summed E-state index contributed by atoms with van der Waals surface area (Å²) in [6.07, 6.45) is 2.63. The molecule has 2 aromatic rings. The number of benzene rings is 1. The summed E-state index contributed by atoms with van der Waals surface area (Å²) in [5, 5.41) is 8.91. The lowest BCUT2D eigenvalue weighted by Gasteiger charge is -2.05. The maximum absolute atomic E-state index is 8.91. The molecule has 3 heteroatoms. The van der Waals surface area contributed by atoms with Gasteiger partial charge in [-0.25, -0.2) is 4.98 Å². The number of imidazole rings is 1. The van der Waals surface area contributed by atoms with Gasteiger partial charge in [-0.2, -0.15) is 5.26 Å². The van der Waals surface area contributed by atoms with E-state index in [1.165, 1.54) is 5.56 Å². The molecule has 17 heavy (non-hydrogen) atoms. The second-order valence-electron chi connectivity index (χ2n) is 4.53. The highest BCUT2D eigenvalue weighted by atomic mass is 14.9. The standard InChI is InChI=1S/C14H15N3/c1-10(2)7-11-3-5-12(6-4-11)14-13(8-15)16-9-17-14/h3-6,9-10H,7H2,1-2H3,(H,16,17). The first-order chi connectivity index (χ1) is 8.20. The SMILES string of the molecule is CC(C)Cc1ccc(-c2[nH]cnc2C#N)cc1. The Balaban J connectivity index is 2.27. The molecular formula is C14H15N3. The van der Waals surface area contributed by atoms with Crippen LogP contribution in [-0.4, -0.2) is 9.97 Å². The van der Waals surface area contributed by atoms with Gasteiger partial charge in [-0.15, -0.1) is 0 Å². The summed E-state index contributed by atoms with van der Waals surface area (Å²) in [5.74, 6) is 0.655. The summed E-state index contributed by atoms with van der Waals surface area (Å²) in [6.45, 7) is 4.41. The van der Waals surface area contributed by atoms with Gasteiger partial charge in [0.15, 0.2) is 5.69 Å². The van der Waals surface area contributed by atoms with E-state index < -0.39 is 0 Å². The van der Waals surface area contributed by atoms with E-state index in [1.807, 2.05) is 12.1 Å². The van der Waals surface area contributed by atoms with Crippen molar-refractivity contribution < 1.29 is 0 Å². The van der Waals surface area contributed by atoms with Crippen molar-refractivity contribution in [2.75, 3.05) is 0 Å². The highest BCUT2D eigenvalue weighted by Gasteiger charge is 2.07. The predicted octanol–water partition coefficient (Wildman–Crippen LogP) is 3.15. The van der Waals surface area contributed by atoms with E-state index in [1.54, 1.807) is 6.33 Å². The van der Waals surface area contributed by atoms with E-state index in [4.69, 9.17) is 5.26 Å². The minimum Gasteiger partial charge on any atom is -0.343 e. The molecule has 1 aromatic heterocycles. The Kier molecular flexibility index (Phi) is 3.24. The molecule has 0 aliphatic rings. The number of nitrogens with one attached hydrogen (secondary N) is 1. The van der Waals surface area contributed by atoms with Crippen LogP contribution < -0.4 is 0 Å². The molecule has 1 aromatic carbocycles. The van der Waals surface area contributed by atoms with E-state index in [9.17, 15) is 0 Å². The first kappa shape index (κ1) is 11.4. The van der Waals surface area contributed by atoms with Gasteiger partial charge < -0.3 is 4.98 Å². The van der Waals surface area contributed by atoms with Gasteiger partial charge in [0.2, 0.25) is 0 Å². The molecule has 0 radical (unpaired) electrons. The molecule has 0 bridgehead atoms. The van der Waals surface area contributed by atoms with Crippen LogP contribution in [0.4, 0.5) is 0 Å². The largest absolute Gasteiger partial charge is 0.343 e. The van der Waals surface area contributed by atoms with Crippen molar-refractivity contribution >= 4 is 0 Å². The summed E-state index contributed by atoms with van der Waals surface area (Å²) < 4.78 is 0. The number of hydrogen-bond acceptors (Lipinski definition) is 2. The highest BCUT2D eigenvalue weighted by molar-refractivity contribution is 5.64. The van der Waals surface area contributed by atoms with E-state index in [0.717, 1.165) is 17.7 Å². The van der Waals surface area contributed by atoms with Crippen LogP contribution in [-0.2, 0) is 6.42 Å². The summed E-state index contributed by atoms with van der Waals surface area (Å²) in [6, 6.07) is 10.4. The number of nitriles is 1. The molecule has 0 amide bonds. The minimum atomic E-state index is 0.446. The fourth-order valence-corrected chi connectivity index (χ4v) is 1.88. The van der Waals surface area contributed by atoms with Gasteiger partial charge >= 0.3 is 0 Å². The Bertz CT molecular complexity index is 529. The molecule has 1 heterocycles. The molecule has 86 valence electrons.